The molecule has 1 rings (SSSR count). The van der Waals surface area contributed by atoms with E-state index in [-0.39, 0.29) is 23.6 Å². The number of aromatic nitrogens is 3. The normalized spacial score (nSPS) is 11.3. The second-order valence-electron chi connectivity index (χ2n) is 4.27. The van der Waals surface area contributed by atoms with Gasteiger partial charge in [0.1, 0.15) is 6.61 Å². The van der Waals surface area contributed by atoms with E-state index >= 15 is 0 Å². The number of ether oxygens (including phenoxy) is 3. The monoisotopic (exact) mass is 242 g/mol. The zero-order chi connectivity index (χ0) is 12.9. The molecule has 0 fully saturated rings. The van der Waals surface area contributed by atoms with Crippen LogP contribution in [0, 0.1) is 0 Å². The largest absolute Gasteiger partial charge is 0.467 e. The Kier molecular flexibility index (Phi) is 4.45. The fourth-order valence-electron chi connectivity index (χ4n) is 0.989. The molecule has 17 heavy (non-hydrogen) atoms. The van der Waals surface area contributed by atoms with Gasteiger partial charge < -0.3 is 19.9 Å². The van der Waals surface area contributed by atoms with E-state index in [2.05, 4.69) is 15.0 Å². The van der Waals surface area contributed by atoms with Crippen LogP contribution in [0.1, 0.15) is 20.8 Å². The van der Waals surface area contributed by atoms with Crippen molar-refractivity contribution >= 4 is 5.95 Å². The second-order valence-corrected chi connectivity index (χ2v) is 4.27. The first-order chi connectivity index (χ1) is 7.90. The van der Waals surface area contributed by atoms with Gasteiger partial charge in [0.15, 0.2) is 0 Å². The maximum Gasteiger partial charge on any atom is 0.324 e. The molecule has 0 aliphatic heterocycles. The molecule has 0 unspecified atom stereocenters. The highest BCUT2D eigenvalue weighted by Gasteiger charge is 2.10. The molecule has 7 nitrogen and oxygen atoms in total. The molecule has 0 spiro atoms. The molecule has 0 bridgehead atoms. The lowest BCUT2D eigenvalue weighted by Crippen LogP contribution is -2.22. The van der Waals surface area contributed by atoms with Crippen molar-refractivity contribution in [3.8, 4) is 12.0 Å². The summed E-state index contributed by atoms with van der Waals surface area (Å²) in [5, 5.41) is 0. The van der Waals surface area contributed by atoms with Crippen LogP contribution in [-0.2, 0) is 4.74 Å². The Morgan fingerprint density at radius 2 is 1.71 bits per heavy atom. The smallest absolute Gasteiger partial charge is 0.324 e. The van der Waals surface area contributed by atoms with Crippen molar-refractivity contribution in [2.45, 2.75) is 26.4 Å². The summed E-state index contributed by atoms with van der Waals surface area (Å²) in [6.45, 7) is 6.69. The Morgan fingerprint density at radius 1 is 1.06 bits per heavy atom. The van der Waals surface area contributed by atoms with Crippen LogP contribution in [0.25, 0.3) is 0 Å². The summed E-state index contributed by atoms with van der Waals surface area (Å²) in [6.07, 6.45) is 0. The van der Waals surface area contributed by atoms with E-state index in [1.54, 1.807) is 0 Å². The third kappa shape index (κ3) is 5.30. The minimum Gasteiger partial charge on any atom is -0.467 e. The molecular formula is C10H18N4O3. The Morgan fingerprint density at radius 3 is 2.29 bits per heavy atom. The third-order valence-electron chi connectivity index (χ3n) is 1.64. The van der Waals surface area contributed by atoms with E-state index in [0.717, 1.165) is 0 Å². The van der Waals surface area contributed by atoms with Crippen LogP contribution < -0.4 is 15.2 Å². The first-order valence-corrected chi connectivity index (χ1v) is 5.23. The quantitative estimate of drug-likeness (QED) is 0.758. The molecule has 0 aromatic carbocycles. The average Bonchev–Trinajstić information content (AvgIpc) is 2.22. The van der Waals surface area contributed by atoms with Gasteiger partial charge >= 0.3 is 12.0 Å². The lowest BCUT2D eigenvalue weighted by molar-refractivity contribution is -0.0174. The van der Waals surface area contributed by atoms with Crippen LogP contribution in [0.4, 0.5) is 5.95 Å². The van der Waals surface area contributed by atoms with E-state index in [4.69, 9.17) is 19.9 Å². The van der Waals surface area contributed by atoms with Crippen molar-refractivity contribution in [1.82, 2.24) is 15.0 Å². The van der Waals surface area contributed by atoms with Gasteiger partial charge in [0, 0.05) is 0 Å². The van der Waals surface area contributed by atoms with E-state index in [9.17, 15) is 0 Å². The van der Waals surface area contributed by atoms with Crippen molar-refractivity contribution in [3.05, 3.63) is 0 Å². The standard InChI is InChI=1S/C10H18N4O3/c1-10(2,3)17-6-5-16-9-13-7(11)12-8(14-9)15-4/h5-6H2,1-4H3,(H2,11,12,13,14). The highest BCUT2D eigenvalue weighted by Crippen LogP contribution is 2.10. The Hall–Kier alpha value is -1.63. The second kappa shape index (κ2) is 5.62. The van der Waals surface area contributed by atoms with Crippen LogP contribution in [0.5, 0.6) is 12.0 Å². The molecule has 0 radical (unpaired) electrons. The zero-order valence-electron chi connectivity index (χ0n) is 10.6. The van der Waals surface area contributed by atoms with Crippen LogP contribution in [0.2, 0.25) is 0 Å². The molecule has 1 aromatic rings. The van der Waals surface area contributed by atoms with Crippen molar-refractivity contribution in [2.75, 3.05) is 26.1 Å². The summed E-state index contributed by atoms with van der Waals surface area (Å²) in [7, 11) is 1.45. The maximum absolute atomic E-state index is 5.48. The molecule has 0 saturated carbocycles. The van der Waals surface area contributed by atoms with E-state index in [1.165, 1.54) is 7.11 Å². The van der Waals surface area contributed by atoms with Gasteiger partial charge in [-0.25, -0.2) is 0 Å². The van der Waals surface area contributed by atoms with Crippen molar-refractivity contribution < 1.29 is 14.2 Å². The number of nitrogen functional groups attached to an aromatic ring is 1. The predicted octanol–water partition coefficient (Wildman–Crippen LogP) is 0.656. The highest BCUT2D eigenvalue weighted by atomic mass is 16.5. The number of anilines is 1. The van der Waals surface area contributed by atoms with Gasteiger partial charge in [-0.3, -0.25) is 0 Å². The number of rotatable bonds is 5. The summed E-state index contributed by atoms with van der Waals surface area (Å²) in [6, 6.07) is 0.260. The first kappa shape index (κ1) is 13.4. The molecule has 0 saturated heterocycles. The van der Waals surface area contributed by atoms with Gasteiger partial charge in [0.05, 0.1) is 19.3 Å². The van der Waals surface area contributed by atoms with Gasteiger partial charge in [-0.2, -0.15) is 9.97 Å². The molecule has 2 N–H and O–H groups in total. The third-order valence-corrected chi connectivity index (χ3v) is 1.64. The minimum atomic E-state index is -0.195. The minimum absolute atomic E-state index is 0.0589. The van der Waals surface area contributed by atoms with Crippen molar-refractivity contribution in [3.63, 3.8) is 0 Å². The van der Waals surface area contributed by atoms with Crippen LogP contribution in [0.15, 0.2) is 0 Å². The number of nitrogens with two attached hydrogens (primary N) is 1. The lowest BCUT2D eigenvalue weighted by atomic mass is 10.2. The lowest BCUT2D eigenvalue weighted by Gasteiger charge is -2.19. The van der Waals surface area contributed by atoms with Crippen molar-refractivity contribution in [2.24, 2.45) is 0 Å². The first-order valence-electron chi connectivity index (χ1n) is 5.23. The summed E-state index contributed by atoms with van der Waals surface area (Å²) in [4.78, 5) is 11.4. The van der Waals surface area contributed by atoms with E-state index in [0.29, 0.717) is 13.2 Å². The average molecular weight is 242 g/mol. The highest BCUT2D eigenvalue weighted by molar-refractivity contribution is 5.20. The number of hydrogen-bond acceptors (Lipinski definition) is 7. The van der Waals surface area contributed by atoms with E-state index in [1.807, 2.05) is 20.8 Å². The molecule has 7 heteroatoms. The van der Waals surface area contributed by atoms with Gasteiger partial charge in [0.2, 0.25) is 5.95 Å². The summed E-state index contributed by atoms with van der Waals surface area (Å²) in [5.41, 5.74) is 5.26. The Bertz CT molecular complexity index is 365. The summed E-state index contributed by atoms with van der Waals surface area (Å²) in [5.74, 6) is 0.0589. The molecule has 96 valence electrons. The van der Waals surface area contributed by atoms with Gasteiger partial charge in [-0.15, -0.1) is 4.98 Å². The van der Waals surface area contributed by atoms with Gasteiger partial charge in [-0.05, 0) is 20.8 Å². The number of methoxy groups -OCH3 is 1. The topological polar surface area (TPSA) is 92.4 Å². The van der Waals surface area contributed by atoms with Crippen LogP contribution >= 0.6 is 0 Å². The molecule has 0 aliphatic rings. The van der Waals surface area contributed by atoms with Crippen molar-refractivity contribution in [1.29, 1.82) is 0 Å². The molecule has 1 heterocycles. The molecular weight excluding hydrogens is 224 g/mol. The number of nitrogens with zero attached hydrogens (tertiary/aromatic N) is 3. The summed E-state index contributed by atoms with van der Waals surface area (Å²) >= 11 is 0. The van der Waals surface area contributed by atoms with Gasteiger partial charge in [-0.1, -0.05) is 0 Å². The Balaban J connectivity index is 2.44. The van der Waals surface area contributed by atoms with Crippen LogP contribution in [0.3, 0.4) is 0 Å². The Labute approximate surface area is 100 Å². The molecule has 0 aliphatic carbocycles. The fourth-order valence-corrected chi connectivity index (χ4v) is 0.989. The number of hydrogen-bond donors (Lipinski definition) is 1. The predicted molar refractivity (Wildman–Crippen MR) is 62.0 cm³/mol. The fraction of sp³-hybridized carbons (Fsp3) is 0.700. The molecule has 0 amide bonds. The molecule has 1 aromatic heterocycles. The van der Waals surface area contributed by atoms with Gasteiger partial charge in [0.25, 0.3) is 0 Å². The molecule has 0 atom stereocenters. The SMILES string of the molecule is COc1nc(N)nc(OCCOC(C)(C)C)n1. The summed E-state index contributed by atoms with van der Waals surface area (Å²) < 4.78 is 15.6. The maximum atomic E-state index is 5.48. The zero-order valence-corrected chi connectivity index (χ0v) is 10.6. The van der Waals surface area contributed by atoms with E-state index < -0.39 is 0 Å². The van der Waals surface area contributed by atoms with Crippen LogP contribution in [-0.4, -0.2) is 40.9 Å².